The van der Waals surface area contributed by atoms with Gasteiger partial charge in [-0.3, -0.25) is 9.69 Å². The molecule has 2 heterocycles. The first kappa shape index (κ1) is 10.3. The number of Topliss-reactive ketones (excluding diaryl/α,β-unsaturated/α-hetero) is 1. The summed E-state index contributed by atoms with van der Waals surface area (Å²) in [4.78, 5) is 17.1. The summed E-state index contributed by atoms with van der Waals surface area (Å²) in [5.74, 6) is 0.155. The fourth-order valence-electron chi connectivity index (χ4n) is 2.31. The second-order valence-electron chi connectivity index (χ2n) is 4.42. The number of hydrogen-bond donors (Lipinski definition) is 1. The minimum absolute atomic E-state index is 0.155. The van der Waals surface area contributed by atoms with E-state index in [0.29, 0.717) is 12.2 Å². The molecule has 3 nitrogen and oxygen atoms in total. The number of aromatic amines is 1. The molecule has 86 valence electrons. The molecule has 1 N–H and O–H groups in total. The minimum Gasteiger partial charge on any atom is -0.359 e. The van der Waals surface area contributed by atoms with Gasteiger partial charge < -0.3 is 4.98 Å². The normalized spacial score (nSPS) is 14.8. The summed E-state index contributed by atoms with van der Waals surface area (Å²) in [6.45, 7) is 2.24. The zero-order chi connectivity index (χ0) is 11.7. The highest BCUT2D eigenvalue weighted by Crippen LogP contribution is 2.21. The Morgan fingerprint density at radius 1 is 1.12 bits per heavy atom. The molecule has 2 aromatic rings. The topological polar surface area (TPSA) is 36.1 Å². The number of aromatic nitrogens is 1. The SMILES string of the molecule is O=C(CN1Cc2ccccc2C1)c1ccc[nH]1. The molecule has 0 radical (unpaired) electrons. The predicted octanol–water partition coefficient (Wildman–Crippen LogP) is 2.21. The van der Waals surface area contributed by atoms with Crippen molar-refractivity contribution in [3.8, 4) is 0 Å². The van der Waals surface area contributed by atoms with Gasteiger partial charge in [0.2, 0.25) is 0 Å². The zero-order valence-electron chi connectivity index (χ0n) is 9.52. The van der Waals surface area contributed by atoms with E-state index < -0.39 is 0 Å². The molecular weight excluding hydrogens is 212 g/mol. The number of ketones is 1. The van der Waals surface area contributed by atoms with Crippen molar-refractivity contribution in [2.45, 2.75) is 13.1 Å². The molecular formula is C14H14N2O. The van der Waals surface area contributed by atoms with Crippen molar-refractivity contribution in [2.24, 2.45) is 0 Å². The number of nitrogens with one attached hydrogen (secondary N) is 1. The van der Waals surface area contributed by atoms with Gasteiger partial charge in [-0.2, -0.15) is 0 Å². The van der Waals surface area contributed by atoms with Crippen LogP contribution in [0.25, 0.3) is 0 Å². The molecule has 0 unspecified atom stereocenters. The van der Waals surface area contributed by atoms with E-state index >= 15 is 0 Å². The molecule has 3 rings (SSSR count). The number of benzene rings is 1. The lowest BCUT2D eigenvalue weighted by atomic mass is 10.1. The van der Waals surface area contributed by atoms with Crippen LogP contribution in [-0.2, 0) is 13.1 Å². The van der Waals surface area contributed by atoms with E-state index in [2.05, 4.69) is 34.1 Å². The summed E-state index contributed by atoms with van der Waals surface area (Å²) in [5.41, 5.74) is 3.37. The Kier molecular flexibility index (Phi) is 2.53. The molecule has 0 atom stereocenters. The van der Waals surface area contributed by atoms with Crippen LogP contribution in [0.4, 0.5) is 0 Å². The van der Waals surface area contributed by atoms with Crippen molar-refractivity contribution >= 4 is 5.78 Å². The highest BCUT2D eigenvalue weighted by Gasteiger charge is 2.20. The van der Waals surface area contributed by atoms with E-state index in [0.717, 1.165) is 13.1 Å². The van der Waals surface area contributed by atoms with Crippen LogP contribution in [0.3, 0.4) is 0 Å². The minimum atomic E-state index is 0.155. The van der Waals surface area contributed by atoms with E-state index in [1.165, 1.54) is 11.1 Å². The third-order valence-corrected chi connectivity index (χ3v) is 3.17. The Bertz CT molecular complexity index is 506. The molecule has 1 aliphatic rings. The van der Waals surface area contributed by atoms with Crippen molar-refractivity contribution in [3.63, 3.8) is 0 Å². The second-order valence-corrected chi connectivity index (χ2v) is 4.42. The summed E-state index contributed by atoms with van der Waals surface area (Å²) in [5, 5.41) is 0. The lowest BCUT2D eigenvalue weighted by Crippen LogP contribution is -2.24. The summed E-state index contributed by atoms with van der Waals surface area (Å²) >= 11 is 0. The maximum atomic E-state index is 11.9. The van der Waals surface area contributed by atoms with Gasteiger partial charge in [0, 0.05) is 19.3 Å². The van der Waals surface area contributed by atoms with Crippen LogP contribution < -0.4 is 0 Å². The third-order valence-electron chi connectivity index (χ3n) is 3.17. The Morgan fingerprint density at radius 3 is 2.41 bits per heavy atom. The van der Waals surface area contributed by atoms with Crippen molar-refractivity contribution < 1.29 is 4.79 Å². The quantitative estimate of drug-likeness (QED) is 0.814. The third kappa shape index (κ3) is 2.01. The number of nitrogens with zero attached hydrogens (tertiary/aromatic N) is 1. The number of fused-ring (bicyclic) bond motifs is 1. The van der Waals surface area contributed by atoms with E-state index in [1.807, 2.05) is 12.1 Å². The lowest BCUT2D eigenvalue weighted by molar-refractivity contribution is 0.0925. The van der Waals surface area contributed by atoms with Gasteiger partial charge in [0.05, 0.1) is 12.2 Å². The molecule has 1 aliphatic heterocycles. The van der Waals surface area contributed by atoms with Crippen molar-refractivity contribution in [1.29, 1.82) is 0 Å². The molecule has 0 saturated carbocycles. The molecule has 0 bridgehead atoms. The lowest BCUT2D eigenvalue weighted by Gasteiger charge is -2.12. The van der Waals surface area contributed by atoms with Gasteiger partial charge in [-0.1, -0.05) is 24.3 Å². The largest absolute Gasteiger partial charge is 0.359 e. The van der Waals surface area contributed by atoms with Crippen molar-refractivity contribution in [1.82, 2.24) is 9.88 Å². The van der Waals surface area contributed by atoms with Gasteiger partial charge in [0.25, 0.3) is 0 Å². The van der Waals surface area contributed by atoms with Crippen LogP contribution in [0.15, 0.2) is 42.6 Å². The van der Waals surface area contributed by atoms with Crippen molar-refractivity contribution in [3.05, 3.63) is 59.4 Å². The first-order valence-corrected chi connectivity index (χ1v) is 5.78. The highest BCUT2D eigenvalue weighted by atomic mass is 16.1. The van der Waals surface area contributed by atoms with Gasteiger partial charge in [-0.25, -0.2) is 0 Å². The Labute approximate surface area is 100 Å². The molecule has 0 saturated heterocycles. The smallest absolute Gasteiger partial charge is 0.192 e. The standard InChI is InChI=1S/C14H14N2O/c17-14(13-6-3-7-15-13)10-16-8-11-4-1-2-5-12(11)9-16/h1-7,15H,8-10H2. The van der Waals surface area contributed by atoms with E-state index in [4.69, 9.17) is 0 Å². The van der Waals surface area contributed by atoms with Gasteiger partial charge in [0.1, 0.15) is 0 Å². The van der Waals surface area contributed by atoms with Crippen LogP contribution in [0, 0.1) is 0 Å². The van der Waals surface area contributed by atoms with E-state index in [1.54, 1.807) is 6.20 Å². The first-order chi connectivity index (χ1) is 8.33. The molecule has 0 amide bonds. The second kappa shape index (κ2) is 4.18. The summed E-state index contributed by atoms with van der Waals surface area (Å²) in [7, 11) is 0. The molecule has 1 aromatic carbocycles. The van der Waals surface area contributed by atoms with Crippen LogP contribution in [-0.4, -0.2) is 22.2 Å². The van der Waals surface area contributed by atoms with Crippen molar-refractivity contribution in [2.75, 3.05) is 6.54 Å². The summed E-state index contributed by atoms with van der Waals surface area (Å²) < 4.78 is 0. The van der Waals surface area contributed by atoms with Gasteiger partial charge in [0.15, 0.2) is 5.78 Å². The van der Waals surface area contributed by atoms with Crippen LogP contribution in [0.2, 0.25) is 0 Å². The highest BCUT2D eigenvalue weighted by molar-refractivity contribution is 5.95. The van der Waals surface area contributed by atoms with Crippen LogP contribution >= 0.6 is 0 Å². The fraction of sp³-hybridized carbons (Fsp3) is 0.214. The average molecular weight is 226 g/mol. The monoisotopic (exact) mass is 226 g/mol. The fourth-order valence-corrected chi connectivity index (χ4v) is 2.31. The molecule has 0 aliphatic carbocycles. The Hall–Kier alpha value is -1.87. The summed E-state index contributed by atoms with van der Waals surface area (Å²) in [6.07, 6.45) is 1.78. The van der Waals surface area contributed by atoms with E-state index in [9.17, 15) is 4.79 Å². The molecule has 17 heavy (non-hydrogen) atoms. The molecule has 0 fully saturated rings. The maximum absolute atomic E-state index is 11.9. The maximum Gasteiger partial charge on any atom is 0.192 e. The molecule has 3 heteroatoms. The number of rotatable bonds is 3. The van der Waals surface area contributed by atoms with Gasteiger partial charge >= 0.3 is 0 Å². The van der Waals surface area contributed by atoms with Gasteiger partial charge in [-0.15, -0.1) is 0 Å². The number of carbonyl (C=O) groups excluding carboxylic acids is 1. The van der Waals surface area contributed by atoms with Crippen LogP contribution in [0.5, 0.6) is 0 Å². The number of hydrogen-bond acceptors (Lipinski definition) is 2. The Balaban J connectivity index is 1.68. The molecule has 0 spiro atoms. The predicted molar refractivity (Wildman–Crippen MR) is 65.7 cm³/mol. The average Bonchev–Trinajstić information content (AvgIpc) is 2.97. The number of carbonyl (C=O) groups is 1. The zero-order valence-corrected chi connectivity index (χ0v) is 9.52. The van der Waals surface area contributed by atoms with E-state index in [-0.39, 0.29) is 5.78 Å². The summed E-state index contributed by atoms with van der Waals surface area (Å²) in [6, 6.07) is 12.0. The van der Waals surface area contributed by atoms with Crippen LogP contribution in [0.1, 0.15) is 21.6 Å². The first-order valence-electron chi connectivity index (χ1n) is 5.78. The Morgan fingerprint density at radius 2 is 1.82 bits per heavy atom. The van der Waals surface area contributed by atoms with Gasteiger partial charge in [-0.05, 0) is 23.3 Å². The number of H-pyrrole nitrogens is 1. The molecule has 1 aromatic heterocycles.